The summed E-state index contributed by atoms with van der Waals surface area (Å²) in [6.45, 7) is 0.990. The summed E-state index contributed by atoms with van der Waals surface area (Å²) in [5.41, 5.74) is 8.09. The van der Waals surface area contributed by atoms with E-state index >= 15 is 0 Å². The molecule has 0 radical (unpaired) electrons. The van der Waals surface area contributed by atoms with Crippen LogP contribution in [0, 0.1) is 5.92 Å². The number of hydrogen-bond donors (Lipinski definition) is 3. The Hall–Kier alpha value is -2.25. The molecule has 3 N–H and O–H groups in total. The van der Waals surface area contributed by atoms with Crippen molar-refractivity contribution in [3.05, 3.63) is 42.5 Å². The van der Waals surface area contributed by atoms with Crippen LogP contribution in [0.15, 0.2) is 36.9 Å². The summed E-state index contributed by atoms with van der Waals surface area (Å²) >= 11 is 0. The number of benzene rings is 1. The first-order valence-electron chi connectivity index (χ1n) is 8.04. The third kappa shape index (κ3) is 2.97. The molecule has 1 saturated carbocycles. The largest absolute Gasteiger partial charge is 0.349 e. The predicted octanol–water partition coefficient (Wildman–Crippen LogP) is 0.642. The number of rotatable bonds is 3. The van der Waals surface area contributed by atoms with Gasteiger partial charge in [0.15, 0.2) is 0 Å². The van der Waals surface area contributed by atoms with E-state index in [-0.39, 0.29) is 11.9 Å². The predicted molar refractivity (Wildman–Crippen MR) is 84.9 cm³/mol. The molecule has 0 spiro atoms. The van der Waals surface area contributed by atoms with Crippen LogP contribution in [-0.2, 0) is 0 Å². The van der Waals surface area contributed by atoms with Gasteiger partial charge in [0.2, 0.25) is 0 Å². The van der Waals surface area contributed by atoms with Crippen molar-refractivity contribution in [1.82, 2.24) is 30.9 Å². The standard InChI is InChI=1S/C16H20N6O/c23-16(20-13-3-6-15-12(7-13)8-18-21-15)11-1-4-14(5-2-11)22-10-17-9-19-22/h1-2,4-5,9-10,12-13,15,18,21H,3,6-8H2,(H,20,23). The molecule has 120 valence electrons. The van der Waals surface area contributed by atoms with Gasteiger partial charge in [0.05, 0.1) is 5.69 Å². The Balaban J connectivity index is 1.39. The van der Waals surface area contributed by atoms with E-state index in [4.69, 9.17) is 0 Å². The Morgan fingerprint density at radius 3 is 2.91 bits per heavy atom. The van der Waals surface area contributed by atoms with E-state index in [0.29, 0.717) is 17.5 Å². The molecule has 3 unspecified atom stereocenters. The van der Waals surface area contributed by atoms with E-state index in [1.54, 1.807) is 11.0 Å². The minimum Gasteiger partial charge on any atom is -0.349 e. The fourth-order valence-electron chi connectivity index (χ4n) is 3.51. The summed E-state index contributed by atoms with van der Waals surface area (Å²) in [5.74, 6) is 0.612. The van der Waals surface area contributed by atoms with Crippen molar-refractivity contribution in [3.63, 3.8) is 0 Å². The molecule has 1 aromatic heterocycles. The Bertz CT molecular complexity index is 668. The van der Waals surface area contributed by atoms with Crippen molar-refractivity contribution in [2.45, 2.75) is 31.3 Å². The van der Waals surface area contributed by atoms with Gasteiger partial charge >= 0.3 is 0 Å². The molecule has 4 rings (SSSR count). The topological polar surface area (TPSA) is 83.9 Å². The normalized spacial score (nSPS) is 26.7. The monoisotopic (exact) mass is 312 g/mol. The van der Waals surface area contributed by atoms with Crippen LogP contribution in [0.5, 0.6) is 0 Å². The molecule has 2 aromatic rings. The van der Waals surface area contributed by atoms with Gasteiger partial charge in [-0.15, -0.1) is 0 Å². The molecule has 23 heavy (non-hydrogen) atoms. The lowest BCUT2D eigenvalue weighted by atomic mass is 9.83. The number of hydrogen-bond acceptors (Lipinski definition) is 5. The smallest absolute Gasteiger partial charge is 0.251 e. The summed E-state index contributed by atoms with van der Waals surface area (Å²) in [4.78, 5) is 16.3. The zero-order chi connectivity index (χ0) is 15.6. The first-order chi connectivity index (χ1) is 11.3. The third-order valence-electron chi connectivity index (χ3n) is 4.78. The van der Waals surface area contributed by atoms with Crippen LogP contribution < -0.4 is 16.2 Å². The lowest BCUT2D eigenvalue weighted by Gasteiger charge is -2.31. The Morgan fingerprint density at radius 2 is 2.13 bits per heavy atom. The zero-order valence-electron chi connectivity index (χ0n) is 12.8. The van der Waals surface area contributed by atoms with Crippen LogP contribution in [0.1, 0.15) is 29.6 Å². The van der Waals surface area contributed by atoms with Gasteiger partial charge in [-0.1, -0.05) is 0 Å². The average Bonchev–Trinajstić information content (AvgIpc) is 3.26. The average molecular weight is 312 g/mol. The van der Waals surface area contributed by atoms with Crippen molar-refractivity contribution >= 4 is 5.91 Å². The fraction of sp³-hybridized carbons (Fsp3) is 0.438. The molecule has 1 aliphatic heterocycles. The van der Waals surface area contributed by atoms with Gasteiger partial charge < -0.3 is 5.32 Å². The van der Waals surface area contributed by atoms with E-state index in [0.717, 1.165) is 31.5 Å². The second kappa shape index (κ2) is 6.10. The zero-order valence-corrected chi connectivity index (χ0v) is 12.8. The lowest BCUT2D eigenvalue weighted by molar-refractivity contribution is 0.0918. The highest BCUT2D eigenvalue weighted by Crippen LogP contribution is 2.26. The van der Waals surface area contributed by atoms with Gasteiger partial charge in [-0.3, -0.25) is 15.6 Å². The molecular formula is C16H20N6O. The molecular weight excluding hydrogens is 292 g/mol. The molecule has 2 fully saturated rings. The molecule has 7 nitrogen and oxygen atoms in total. The van der Waals surface area contributed by atoms with Crippen LogP contribution in [0.4, 0.5) is 0 Å². The van der Waals surface area contributed by atoms with Crippen LogP contribution in [0.3, 0.4) is 0 Å². The highest BCUT2D eigenvalue weighted by Gasteiger charge is 2.34. The number of amides is 1. The van der Waals surface area contributed by atoms with Crippen molar-refractivity contribution < 1.29 is 4.79 Å². The Morgan fingerprint density at radius 1 is 1.26 bits per heavy atom. The SMILES string of the molecule is O=C(NC1CCC2NNCC2C1)c1ccc(-n2cncn2)cc1. The van der Waals surface area contributed by atoms with Gasteiger partial charge in [0.25, 0.3) is 5.91 Å². The maximum atomic E-state index is 12.4. The summed E-state index contributed by atoms with van der Waals surface area (Å²) in [6.07, 6.45) is 6.29. The summed E-state index contributed by atoms with van der Waals surface area (Å²) < 4.78 is 1.67. The summed E-state index contributed by atoms with van der Waals surface area (Å²) in [6, 6.07) is 8.25. The van der Waals surface area contributed by atoms with Gasteiger partial charge in [0, 0.05) is 24.2 Å². The first kappa shape index (κ1) is 14.3. The molecule has 2 aliphatic rings. The summed E-state index contributed by atoms with van der Waals surface area (Å²) in [5, 5.41) is 7.25. The number of nitrogens with zero attached hydrogens (tertiary/aromatic N) is 3. The maximum absolute atomic E-state index is 12.4. The minimum absolute atomic E-state index is 0.00231. The van der Waals surface area contributed by atoms with E-state index in [9.17, 15) is 4.79 Å². The van der Waals surface area contributed by atoms with Gasteiger partial charge in [-0.05, 0) is 49.4 Å². The Kier molecular flexibility index (Phi) is 3.80. The first-order valence-corrected chi connectivity index (χ1v) is 8.04. The van der Waals surface area contributed by atoms with Crippen molar-refractivity contribution in [3.8, 4) is 5.69 Å². The van der Waals surface area contributed by atoms with Crippen LogP contribution >= 0.6 is 0 Å². The number of carbonyl (C=O) groups is 1. The van der Waals surface area contributed by atoms with Crippen molar-refractivity contribution in [1.29, 1.82) is 0 Å². The maximum Gasteiger partial charge on any atom is 0.251 e. The molecule has 1 saturated heterocycles. The second-order valence-corrected chi connectivity index (χ2v) is 6.26. The van der Waals surface area contributed by atoms with E-state index in [2.05, 4.69) is 26.3 Å². The van der Waals surface area contributed by atoms with E-state index < -0.39 is 0 Å². The van der Waals surface area contributed by atoms with Crippen LogP contribution in [0.25, 0.3) is 5.69 Å². The number of hydrazine groups is 1. The highest BCUT2D eigenvalue weighted by atomic mass is 16.1. The number of nitrogens with one attached hydrogen (secondary N) is 3. The number of aromatic nitrogens is 3. The molecule has 3 atom stereocenters. The van der Waals surface area contributed by atoms with E-state index in [1.807, 2.05) is 24.3 Å². The summed E-state index contributed by atoms with van der Waals surface area (Å²) in [7, 11) is 0. The van der Waals surface area contributed by atoms with Gasteiger partial charge in [-0.25, -0.2) is 9.67 Å². The van der Waals surface area contributed by atoms with Crippen LogP contribution in [-0.4, -0.2) is 39.3 Å². The van der Waals surface area contributed by atoms with Gasteiger partial charge in [-0.2, -0.15) is 5.10 Å². The quantitative estimate of drug-likeness (QED) is 0.775. The highest BCUT2D eigenvalue weighted by molar-refractivity contribution is 5.94. The molecule has 1 aliphatic carbocycles. The molecule has 2 heterocycles. The molecule has 1 aromatic carbocycles. The lowest BCUT2D eigenvalue weighted by Crippen LogP contribution is -2.44. The fourth-order valence-corrected chi connectivity index (χ4v) is 3.51. The number of fused-ring (bicyclic) bond motifs is 1. The molecule has 0 bridgehead atoms. The van der Waals surface area contributed by atoms with Crippen molar-refractivity contribution in [2.75, 3.05) is 6.54 Å². The Labute approximate surface area is 134 Å². The second-order valence-electron chi connectivity index (χ2n) is 6.26. The number of carbonyl (C=O) groups excluding carboxylic acids is 1. The van der Waals surface area contributed by atoms with Crippen molar-refractivity contribution in [2.24, 2.45) is 5.92 Å². The molecule has 1 amide bonds. The third-order valence-corrected chi connectivity index (χ3v) is 4.78. The molecule has 7 heteroatoms. The van der Waals surface area contributed by atoms with E-state index in [1.165, 1.54) is 6.33 Å². The van der Waals surface area contributed by atoms with Crippen LogP contribution in [0.2, 0.25) is 0 Å². The van der Waals surface area contributed by atoms with Gasteiger partial charge in [0.1, 0.15) is 12.7 Å². The minimum atomic E-state index is -0.00231.